The van der Waals surface area contributed by atoms with Gasteiger partial charge in [0.05, 0.1) is 7.11 Å². The Labute approximate surface area is 127 Å². The Bertz CT molecular complexity index is 456. The Morgan fingerprint density at radius 3 is 2.84 bits per heavy atom. The van der Waals surface area contributed by atoms with E-state index < -0.39 is 0 Å². The van der Waals surface area contributed by atoms with Crippen LogP contribution in [0, 0.1) is 6.92 Å². The zero-order valence-electron chi connectivity index (χ0n) is 10.8. The summed E-state index contributed by atoms with van der Waals surface area (Å²) < 4.78 is 11.6. The standard InChI is InChI=1S/C13H16BrNO3.ClH/c1-8-5-9(3-4-11(8)14)18-10-6-12(15-7-10)13(16)17-2;/h3-5,10,12,15H,6-7H2,1-2H3;1H/t10-,12+;/m1./s1. The molecule has 0 saturated carbocycles. The van der Waals surface area contributed by atoms with Gasteiger partial charge in [-0.1, -0.05) is 15.9 Å². The van der Waals surface area contributed by atoms with Gasteiger partial charge in [-0.25, -0.2) is 0 Å². The molecule has 0 radical (unpaired) electrons. The predicted molar refractivity (Wildman–Crippen MR) is 79.0 cm³/mol. The number of hydrogen-bond donors (Lipinski definition) is 1. The molecule has 2 atom stereocenters. The second-order valence-corrected chi connectivity index (χ2v) is 5.22. The predicted octanol–water partition coefficient (Wildman–Crippen LogP) is 2.46. The number of rotatable bonds is 3. The summed E-state index contributed by atoms with van der Waals surface area (Å²) in [4.78, 5) is 11.4. The van der Waals surface area contributed by atoms with Gasteiger partial charge in [-0.15, -0.1) is 12.4 Å². The number of benzene rings is 1. The summed E-state index contributed by atoms with van der Waals surface area (Å²) >= 11 is 3.45. The van der Waals surface area contributed by atoms with Crippen molar-refractivity contribution in [2.75, 3.05) is 13.7 Å². The molecule has 1 aromatic carbocycles. The van der Waals surface area contributed by atoms with E-state index in [1.54, 1.807) is 0 Å². The summed E-state index contributed by atoms with van der Waals surface area (Å²) in [6, 6.07) is 5.61. The number of carbonyl (C=O) groups is 1. The second kappa shape index (κ2) is 7.12. The lowest BCUT2D eigenvalue weighted by molar-refractivity contribution is -0.142. The Kier molecular flexibility index (Phi) is 6.10. The zero-order valence-corrected chi connectivity index (χ0v) is 13.2. The van der Waals surface area contributed by atoms with Crippen LogP contribution >= 0.6 is 28.3 Å². The van der Waals surface area contributed by atoms with Gasteiger partial charge in [0.15, 0.2) is 0 Å². The van der Waals surface area contributed by atoms with Crippen LogP contribution in [0.2, 0.25) is 0 Å². The van der Waals surface area contributed by atoms with Crippen molar-refractivity contribution >= 4 is 34.3 Å². The Balaban J connectivity index is 0.00000180. The quantitative estimate of drug-likeness (QED) is 0.851. The summed E-state index contributed by atoms with van der Waals surface area (Å²) in [6.45, 7) is 2.68. The van der Waals surface area contributed by atoms with E-state index in [9.17, 15) is 4.79 Å². The largest absolute Gasteiger partial charge is 0.489 e. The van der Waals surface area contributed by atoms with Gasteiger partial charge in [-0.2, -0.15) is 0 Å². The lowest BCUT2D eigenvalue weighted by atomic mass is 10.2. The van der Waals surface area contributed by atoms with E-state index in [1.807, 2.05) is 25.1 Å². The molecule has 0 bridgehead atoms. The van der Waals surface area contributed by atoms with E-state index >= 15 is 0 Å². The minimum atomic E-state index is -0.253. The first-order chi connectivity index (χ1) is 8.60. The van der Waals surface area contributed by atoms with E-state index in [1.165, 1.54) is 7.11 Å². The van der Waals surface area contributed by atoms with Crippen LogP contribution < -0.4 is 10.1 Å². The Morgan fingerprint density at radius 1 is 1.47 bits per heavy atom. The van der Waals surface area contributed by atoms with Crippen LogP contribution in [-0.4, -0.2) is 31.8 Å². The maximum absolute atomic E-state index is 11.4. The van der Waals surface area contributed by atoms with Gasteiger partial charge in [-0.05, 0) is 30.7 Å². The van der Waals surface area contributed by atoms with Gasteiger partial charge >= 0.3 is 5.97 Å². The molecule has 6 heteroatoms. The molecule has 0 aliphatic carbocycles. The molecule has 106 valence electrons. The van der Waals surface area contributed by atoms with E-state index in [0.29, 0.717) is 13.0 Å². The number of carbonyl (C=O) groups excluding carboxylic acids is 1. The summed E-state index contributed by atoms with van der Waals surface area (Å²) in [5.41, 5.74) is 1.13. The number of esters is 1. The number of methoxy groups -OCH3 is 1. The van der Waals surface area contributed by atoms with Crippen molar-refractivity contribution < 1.29 is 14.3 Å². The van der Waals surface area contributed by atoms with E-state index in [0.717, 1.165) is 15.8 Å². The molecule has 0 aromatic heterocycles. The van der Waals surface area contributed by atoms with E-state index in [2.05, 4.69) is 21.2 Å². The lowest BCUT2D eigenvalue weighted by Gasteiger charge is -2.13. The SMILES string of the molecule is COC(=O)[C@@H]1C[C@@H](Oc2ccc(Br)c(C)c2)CN1.Cl. The summed E-state index contributed by atoms with van der Waals surface area (Å²) in [6.07, 6.45) is 0.650. The number of ether oxygens (including phenoxy) is 2. The molecule has 1 N–H and O–H groups in total. The molecular weight excluding hydrogens is 334 g/mol. The van der Waals surface area contributed by atoms with Crippen LogP contribution in [-0.2, 0) is 9.53 Å². The highest BCUT2D eigenvalue weighted by atomic mass is 79.9. The van der Waals surface area contributed by atoms with Crippen LogP contribution in [0.1, 0.15) is 12.0 Å². The van der Waals surface area contributed by atoms with Gasteiger partial charge in [0, 0.05) is 17.4 Å². The van der Waals surface area contributed by atoms with Crippen LogP contribution in [0.3, 0.4) is 0 Å². The van der Waals surface area contributed by atoms with Gasteiger partial charge in [-0.3, -0.25) is 4.79 Å². The first-order valence-corrected chi connectivity index (χ1v) is 6.63. The molecule has 19 heavy (non-hydrogen) atoms. The van der Waals surface area contributed by atoms with Gasteiger partial charge in [0.1, 0.15) is 17.9 Å². The molecule has 0 unspecified atom stereocenters. The third kappa shape index (κ3) is 4.09. The van der Waals surface area contributed by atoms with Crippen molar-refractivity contribution in [1.82, 2.24) is 5.32 Å². The maximum Gasteiger partial charge on any atom is 0.323 e. The molecular formula is C13H17BrClNO3. The average molecular weight is 351 g/mol. The van der Waals surface area contributed by atoms with Crippen LogP contribution in [0.5, 0.6) is 5.75 Å². The normalized spacial score (nSPS) is 21.6. The van der Waals surface area contributed by atoms with Crippen molar-refractivity contribution in [2.45, 2.75) is 25.5 Å². The van der Waals surface area contributed by atoms with E-state index in [4.69, 9.17) is 9.47 Å². The molecule has 1 fully saturated rings. The lowest BCUT2D eigenvalue weighted by Crippen LogP contribution is -2.31. The first kappa shape index (κ1) is 16.3. The number of aryl methyl sites for hydroxylation is 1. The summed E-state index contributed by atoms with van der Waals surface area (Å²) in [5.74, 6) is 0.598. The smallest absolute Gasteiger partial charge is 0.323 e. The molecule has 1 aromatic rings. The maximum atomic E-state index is 11.4. The van der Waals surface area contributed by atoms with Crippen molar-refractivity contribution in [2.24, 2.45) is 0 Å². The molecule has 1 heterocycles. The molecule has 1 aliphatic rings. The number of halogens is 2. The van der Waals surface area contributed by atoms with Crippen LogP contribution in [0.25, 0.3) is 0 Å². The molecule has 2 rings (SSSR count). The third-order valence-corrected chi connectivity index (χ3v) is 3.90. The zero-order chi connectivity index (χ0) is 13.1. The highest BCUT2D eigenvalue weighted by molar-refractivity contribution is 9.10. The minimum Gasteiger partial charge on any atom is -0.489 e. The number of nitrogens with one attached hydrogen (secondary N) is 1. The molecule has 4 nitrogen and oxygen atoms in total. The fraction of sp³-hybridized carbons (Fsp3) is 0.462. The van der Waals surface area contributed by atoms with Crippen molar-refractivity contribution in [3.63, 3.8) is 0 Å². The molecule has 1 saturated heterocycles. The summed E-state index contributed by atoms with van der Waals surface area (Å²) in [5, 5.41) is 3.09. The molecule has 0 amide bonds. The van der Waals surface area contributed by atoms with E-state index in [-0.39, 0.29) is 30.5 Å². The fourth-order valence-corrected chi connectivity index (χ4v) is 2.24. The first-order valence-electron chi connectivity index (χ1n) is 5.84. The highest BCUT2D eigenvalue weighted by Gasteiger charge is 2.31. The van der Waals surface area contributed by atoms with Gasteiger partial charge in [0.2, 0.25) is 0 Å². The summed E-state index contributed by atoms with van der Waals surface area (Å²) in [7, 11) is 1.40. The number of hydrogen-bond acceptors (Lipinski definition) is 4. The monoisotopic (exact) mass is 349 g/mol. The topological polar surface area (TPSA) is 47.6 Å². The van der Waals surface area contributed by atoms with Crippen LogP contribution in [0.4, 0.5) is 0 Å². The fourth-order valence-electron chi connectivity index (χ4n) is 2.00. The third-order valence-electron chi connectivity index (χ3n) is 3.01. The van der Waals surface area contributed by atoms with Crippen molar-refractivity contribution in [3.8, 4) is 5.75 Å². The second-order valence-electron chi connectivity index (χ2n) is 4.37. The molecule has 0 spiro atoms. The highest BCUT2D eigenvalue weighted by Crippen LogP contribution is 2.24. The van der Waals surface area contributed by atoms with Gasteiger partial charge < -0.3 is 14.8 Å². The Morgan fingerprint density at radius 2 is 2.21 bits per heavy atom. The van der Waals surface area contributed by atoms with Crippen molar-refractivity contribution in [1.29, 1.82) is 0 Å². The molecule has 1 aliphatic heterocycles. The minimum absolute atomic E-state index is 0. The van der Waals surface area contributed by atoms with Gasteiger partial charge in [0.25, 0.3) is 0 Å². The Hall–Kier alpha value is -0.780. The van der Waals surface area contributed by atoms with Crippen LogP contribution in [0.15, 0.2) is 22.7 Å². The average Bonchev–Trinajstić information content (AvgIpc) is 2.81. The van der Waals surface area contributed by atoms with Crippen molar-refractivity contribution in [3.05, 3.63) is 28.2 Å².